The zero-order valence-electron chi connectivity index (χ0n) is 6.82. The Balaban J connectivity index is 2.51. The molecule has 0 aliphatic carbocycles. The molecule has 0 aliphatic heterocycles. The third-order valence-electron chi connectivity index (χ3n) is 1.78. The fourth-order valence-electron chi connectivity index (χ4n) is 1.16. The van der Waals surface area contributed by atoms with E-state index in [0.717, 1.165) is 0 Å². The molecule has 0 spiro atoms. The number of hydrogen-bond donors (Lipinski definition) is 0. The molecule has 60 valence electrons. The molecular weight excluding hydrogens is 166 g/mol. The zero-order valence-corrected chi connectivity index (χ0v) is 7.64. The molecule has 0 unspecified atom stereocenters. The van der Waals surface area contributed by atoms with E-state index < -0.39 is 0 Å². The maximum absolute atomic E-state index is 4.14. The maximum atomic E-state index is 4.14. The summed E-state index contributed by atoms with van der Waals surface area (Å²) in [6.07, 6.45) is 1.91. The van der Waals surface area contributed by atoms with Crippen LogP contribution in [0.15, 0.2) is 36.5 Å². The van der Waals surface area contributed by atoms with E-state index in [2.05, 4.69) is 35.6 Å². The summed E-state index contributed by atoms with van der Waals surface area (Å²) in [5.41, 5.74) is 2.52. The third kappa shape index (κ3) is 1.25. The van der Waals surface area contributed by atoms with Gasteiger partial charge in [0.05, 0.1) is 4.88 Å². The quantitative estimate of drug-likeness (QED) is 0.649. The Labute approximate surface area is 75.9 Å². The lowest BCUT2D eigenvalue weighted by Gasteiger charge is -1.95. The molecule has 1 aromatic carbocycles. The zero-order chi connectivity index (χ0) is 8.39. The highest BCUT2D eigenvalue weighted by atomic mass is 32.1. The van der Waals surface area contributed by atoms with Crippen molar-refractivity contribution < 1.29 is 0 Å². The minimum Gasteiger partial charge on any atom is -0.200 e. The van der Waals surface area contributed by atoms with E-state index in [9.17, 15) is 0 Å². The van der Waals surface area contributed by atoms with Crippen LogP contribution < -0.4 is 0 Å². The molecule has 0 radical (unpaired) electrons. The molecule has 2 aromatic rings. The number of nitrogens with zero attached hydrogens (tertiary/aromatic N) is 1. The molecular formula is C10H9NS. The Kier molecular flexibility index (Phi) is 1.92. The van der Waals surface area contributed by atoms with Crippen LogP contribution in [0.3, 0.4) is 0 Å². The molecule has 0 amide bonds. The Morgan fingerprint density at radius 1 is 1.17 bits per heavy atom. The second-order valence-electron chi connectivity index (χ2n) is 2.70. The van der Waals surface area contributed by atoms with Gasteiger partial charge in [0.15, 0.2) is 0 Å². The molecule has 1 aromatic heterocycles. The van der Waals surface area contributed by atoms with Crippen molar-refractivity contribution in [1.82, 2.24) is 4.37 Å². The molecule has 0 N–H and O–H groups in total. The van der Waals surface area contributed by atoms with Crippen LogP contribution in [0.4, 0.5) is 0 Å². The molecule has 2 rings (SSSR count). The van der Waals surface area contributed by atoms with Crippen LogP contribution in [-0.2, 0) is 0 Å². The van der Waals surface area contributed by atoms with Crippen molar-refractivity contribution in [2.45, 2.75) is 6.92 Å². The molecule has 0 aliphatic rings. The Morgan fingerprint density at radius 2 is 1.92 bits per heavy atom. The van der Waals surface area contributed by atoms with Gasteiger partial charge in [0.25, 0.3) is 0 Å². The first-order valence-electron chi connectivity index (χ1n) is 3.84. The van der Waals surface area contributed by atoms with E-state index in [1.54, 1.807) is 11.5 Å². The van der Waals surface area contributed by atoms with Gasteiger partial charge in [0, 0.05) is 6.20 Å². The summed E-state index contributed by atoms with van der Waals surface area (Å²) < 4.78 is 4.14. The van der Waals surface area contributed by atoms with Gasteiger partial charge in [-0.15, -0.1) is 0 Å². The summed E-state index contributed by atoms with van der Waals surface area (Å²) in [5, 5.41) is 0. The average molecular weight is 175 g/mol. The molecule has 0 saturated heterocycles. The smallest absolute Gasteiger partial charge is 0.0579 e. The SMILES string of the molecule is Cc1cnsc1-c1ccccc1. The fourth-order valence-corrected chi connectivity index (χ4v) is 1.91. The Morgan fingerprint density at radius 3 is 2.50 bits per heavy atom. The largest absolute Gasteiger partial charge is 0.200 e. The van der Waals surface area contributed by atoms with E-state index in [0.29, 0.717) is 0 Å². The van der Waals surface area contributed by atoms with Gasteiger partial charge in [-0.3, -0.25) is 0 Å². The van der Waals surface area contributed by atoms with E-state index in [-0.39, 0.29) is 0 Å². The number of benzene rings is 1. The van der Waals surface area contributed by atoms with Crippen LogP contribution in [-0.4, -0.2) is 4.37 Å². The van der Waals surface area contributed by atoms with Gasteiger partial charge in [-0.1, -0.05) is 30.3 Å². The first kappa shape index (κ1) is 7.50. The van der Waals surface area contributed by atoms with Crippen LogP contribution in [0.25, 0.3) is 10.4 Å². The number of aromatic nitrogens is 1. The normalized spacial score (nSPS) is 10.1. The van der Waals surface area contributed by atoms with Crippen LogP contribution in [0.5, 0.6) is 0 Å². The fraction of sp³-hybridized carbons (Fsp3) is 0.100. The molecule has 2 heteroatoms. The Bertz CT molecular complexity index is 364. The number of rotatable bonds is 1. The number of hydrogen-bond acceptors (Lipinski definition) is 2. The first-order valence-corrected chi connectivity index (χ1v) is 4.62. The van der Waals surface area contributed by atoms with Crippen LogP contribution >= 0.6 is 11.5 Å². The van der Waals surface area contributed by atoms with Gasteiger partial charge in [0.2, 0.25) is 0 Å². The molecule has 12 heavy (non-hydrogen) atoms. The highest BCUT2D eigenvalue weighted by Gasteiger charge is 2.01. The van der Waals surface area contributed by atoms with Crippen LogP contribution in [0.1, 0.15) is 5.56 Å². The standard InChI is InChI=1S/C10H9NS/c1-8-7-11-12-10(8)9-5-3-2-4-6-9/h2-7H,1H3. The molecule has 1 nitrogen and oxygen atoms in total. The van der Waals surface area contributed by atoms with Crippen molar-refractivity contribution in [1.29, 1.82) is 0 Å². The minimum absolute atomic E-state index is 1.26. The van der Waals surface area contributed by atoms with E-state index in [1.807, 2.05) is 12.3 Å². The van der Waals surface area contributed by atoms with E-state index >= 15 is 0 Å². The lowest BCUT2D eigenvalue weighted by molar-refractivity contribution is 1.45. The topological polar surface area (TPSA) is 12.9 Å². The van der Waals surface area contributed by atoms with Crippen molar-refractivity contribution in [2.24, 2.45) is 0 Å². The predicted octanol–water partition coefficient (Wildman–Crippen LogP) is 3.12. The predicted molar refractivity (Wildman–Crippen MR) is 52.3 cm³/mol. The first-order chi connectivity index (χ1) is 5.88. The summed E-state index contributed by atoms with van der Waals surface area (Å²) >= 11 is 1.55. The maximum Gasteiger partial charge on any atom is 0.0579 e. The summed E-state index contributed by atoms with van der Waals surface area (Å²) in [4.78, 5) is 1.27. The lowest BCUT2D eigenvalue weighted by atomic mass is 10.1. The highest BCUT2D eigenvalue weighted by molar-refractivity contribution is 7.09. The van der Waals surface area contributed by atoms with Gasteiger partial charge >= 0.3 is 0 Å². The highest BCUT2D eigenvalue weighted by Crippen LogP contribution is 2.26. The summed E-state index contributed by atoms with van der Waals surface area (Å²) in [7, 11) is 0. The van der Waals surface area contributed by atoms with Crippen molar-refractivity contribution in [2.75, 3.05) is 0 Å². The monoisotopic (exact) mass is 175 g/mol. The average Bonchev–Trinajstić information content (AvgIpc) is 2.53. The molecule has 0 saturated carbocycles. The molecule has 0 atom stereocenters. The van der Waals surface area contributed by atoms with E-state index in [4.69, 9.17) is 0 Å². The minimum atomic E-state index is 1.26. The second kappa shape index (κ2) is 3.07. The van der Waals surface area contributed by atoms with Gasteiger partial charge < -0.3 is 0 Å². The van der Waals surface area contributed by atoms with Crippen molar-refractivity contribution in [3.63, 3.8) is 0 Å². The summed E-state index contributed by atoms with van der Waals surface area (Å²) in [5.74, 6) is 0. The van der Waals surface area contributed by atoms with E-state index in [1.165, 1.54) is 16.0 Å². The van der Waals surface area contributed by atoms with Crippen LogP contribution in [0, 0.1) is 6.92 Å². The Hall–Kier alpha value is -1.15. The van der Waals surface area contributed by atoms with Crippen molar-refractivity contribution in [3.8, 4) is 10.4 Å². The third-order valence-corrected chi connectivity index (χ3v) is 2.74. The van der Waals surface area contributed by atoms with Gasteiger partial charge in [0.1, 0.15) is 0 Å². The second-order valence-corrected chi connectivity index (χ2v) is 3.51. The summed E-state index contributed by atoms with van der Waals surface area (Å²) in [6, 6.07) is 10.4. The van der Waals surface area contributed by atoms with Gasteiger partial charge in [-0.2, -0.15) is 0 Å². The van der Waals surface area contributed by atoms with Crippen LogP contribution in [0.2, 0.25) is 0 Å². The van der Waals surface area contributed by atoms with Crippen molar-refractivity contribution >= 4 is 11.5 Å². The van der Waals surface area contributed by atoms with Gasteiger partial charge in [-0.25, -0.2) is 4.37 Å². The van der Waals surface area contributed by atoms with Crippen molar-refractivity contribution in [3.05, 3.63) is 42.1 Å². The molecule has 0 fully saturated rings. The summed E-state index contributed by atoms with van der Waals surface area (Å²) in [6.45, 7) is 2.09. The molecule has 1 heterocycles. The lowest BCUT2D eigenvalue weighted by Crippen LogP contribution is -1.72. The van der Waals surface area contributed by atoms with Gasteiger partial charge in [-0.05, 0) is 29.6 Å². The molecule has 0 bridgehead atoms. The number of aryl methyl sites for hydroxylation is 1.